The molecule has 2 aliphatic carbocycles. The van der Waals surface area contributed by atoms with E-state index in [-0.39, 0.29) is 11.2 Å². The Bertz CT molecular complexity index is 311. The third-order valence-electron chi connectivity index (χ3n) is 4.68. The maximum Gasteiger partial charge on any atom is 0.168 e. The van der Waals surface area contributed by atoms with E-state index in [9.17, 15) is 0 Å². The standard InChI is InChI=1S/C15H24O3/c1-4-16-13-5-11-7-15(8-12(11)6-13)17-9-14(2,3)10-18-15/h4,11-13H,1,5-10H2,2-3H3/t11-,12+,13?. The second-order valence-electron chi connectivity index (χ2n) is 6.98. The van der Waals surface area contributed by atoms with E-state index in [4.69, 9.17) is 14.2 Å². The highest BCUT2D eigenvalue weighted by Gasteiger charge is 2.53. The topological polar surface area (TPSA) is 27.7 Å². The quantitative estimate of drug-likeness (QED) is 0.707. The largest absolute Gasteiger partial charge is 0.499 e. The van der Waals surface area contributed by atoms with Crippen LogP contribution < -0.4 is 0 Å². The first-order valence-electron chi connectivity index (χ1n) is 7.06. The van der Waals surface area contributed by atoms with Crippen molar-refractivity contribution in [3.05, 3.63) is 12.8 Å². The van der Waals surface area contributed by atoms with Crippen LogP contribution in [0.2, 0.25) is 0 Å². The summed E-state index contributed by atoms with van der Waals surface area (Å²) in [5.41, 5.74) is 0.164. The predicted molar refractivity (Wildman–Crippen MR) is 68.9 cm³/mol. The molecule has 0 aromatic rings. The first-order chi connectivity index (χ1) is 8.52. The number of hydrogen-bond acceptors (Lipinski definition) is 3. The molecule has 1 aliphatic heterocycles. The van der Waals surface area contributed by atoms with Crippen molar-refractivity contribution in [1.82, 2.24) is 0 Å². The third-order valence-corrected chi connectivity index (χ3v) is 4.68. The highest BCUT2D eigenvalue weighted by molar-refractivity contribution is 4.98. The molecule has 1 spiro atoms. The van der Waals surface area contributed by atoms with Gasteiger partial charge in [0.1, 0.15) is 0 Å². The summed E-state index contributed by atoms with van der Waals surface area (Å²) in [5.74, 6) is 1.14. The molecule has 18 heavy (non-hydrogen) atoms. The van der Waals surface area contributed by atoms with Crippen LogP contribution in [-0.4, -0.2) is 25.1 Å². The molecule has 1 saturated heterocycles. The predicted octanol–water partition coefficient (Wildman–Crippen LogP) is 3.10. The Labute approximate surface area is 109 Å². The molecule has 1 unspecified atom stereocenters. The van der Waals surface area contributed by atoms with Crippen LogP contribution in [0, 0.1) is 17.3 Å². The van der Waals surface area contributed by atoms with Crippen LogP contribution >= 0.6 is 0 Å². The number of ether oxygens (including phenoxy) is 3. The van der Waals surface area contributed by atoms with Crippen molar-refractivity contribution in [3.8, 4) is 0 Å². The van der Waals surface area contributed by atoms with Crippen LogP contribution in [0.4, 0.5) is 0 Å². The van der Waals surface area contributed by atoms with Gasteiger partial charge in [-0.15, -0.1) is 0 Å². The highest BCUT2D eigenvalue weighted by atomic mass is 16.7. The maximum atomic E-state index is 6.09. The molecule has 0 radical (unpaired) electrons. The van der Waals surface area contributed by atoms with Crippen LogP contribution in [0.25, 0.3) is 0 Å². The number of fused-ring (bicyclic) bond motifs is 1. The lowest BCUT2D eigenvalue weighted by Gasteiger charge is -2.42. The minimum absolute atomic E-state index is 0.164. The fourth-order valence-electron chi connectivity index (χ4n) is 3.76. The lowest BCUT2D eigenvalue weighted by Crippen LogP contribution is -2.46. The number of rotatable bonds is 2. The minimum Gasteiger partial charge on any atom is -0.499 e. The van der Waals surface area contributed by atoms with Crippen LogP contribution in [-0.2, 0) is 14.2 Å². The van der Waals surface area contributed by atoms with Crippen LogP contribution in [0.1, 0.15) is 39.5 Å². The van der Waals surface area contributed by atoms with Crippen molar-refractivity contribution in [2.45, 2.75) is 51.4 Å². The monoisotopic (exact) mass is 252 g/mol. The van der Waals surface area contributed by atoms with Crippen LogP contribution in [0.3, 0.4) is 0 Å². The van der Waals surface area contributed by atoms with Gasteiger partial charge in [-0.2, -0.15) is 0 Å². The van der Waals surface area contributed by atoms with Gasteiger partial charge in [0.15, 0.2) is 5.79 Å². The van der Waals surface area contributed by atoms with Crippen molar-refractivity contribution in [1.29, 1.82) is 0 Å². The van der Waals surface area contributed by atoms with Crippen LogP contribution in [0.15, 0.2) is 12.8 Å². The van der Waals surface area contributed by atoms with E-state index in [2.05, 4.69) is 20.4 Å². The Kier molecular flexibility index (Phi) is 2.94. The van der Waals surface area contributed by atoms with Gasteiger partial charge in [-0.1, -0.05) is 20.4 Å². The Morgan fingerprint density at radius 3 is 2.17 bits per heavy atom. The van der Waals surface area contributed by atoms with E-state index in [1.54, 1.807) is 6.26 Å². The lowest BCUT2D eigenvalue weighted by molar-refractivity contribution is -0.297. The fourth-order valence-corrected chi connectivity index (χ4v) is 3.76. The van der Waals surface area contributed by atoms with Crippen molar-refractivity contribution in [2.24, 2.45) is 17.3 Å². The second kappa shape index (κ2) is 4.24. The zero-order valence-corrected chi connectivity index (χ0v) is 11.5. The van der Waals surface area contributed by atoms with E-state index < -0.39 is 0 Å². The SMILES string of the molecule is C=COC1C[C@@H]2CC3(C[C@@H]2C1)OCC(C)(C)CO3. The molecular formula is C15H24O3. The van der Waals surface area contributed by atoms with Gasteiger partial charge in [0.2, 0.25) is 0 Å². The molecule has 3 rings (SSSR count). The van der Waals surface area contributed by atoms with Gasteiger partial charge < -0.3 is 14.2 Å². The second-order valence-corrected chi connectivity index (χ2v) is 6.98. The molecule has 0 aromatic heterocycles. The average molecular weight is 252 g/mol. The fraction of sp³-hybridized carbons (Fsp3) is 0.867. The van der Waals surface area contributed by atoms with Crippen molar-refractivity contribution < 1.29 is 14.2 Å². The summed E-state index contributed by atoms with van der Waals surface area (Å²) in [6.07, 6.45) is 6.31. The summed E-state index contributed by atoms with van der Waals surface area (Å²) < 4.78 is 17.7. The summed E-state index contributed by atoms with van der Waals surface area (Å²) in [5, 5.41) is 0. The molecule has 3 aliphatic rings. The molecule has 102 valence electrons. The lowest BCUT2D eigenvalue weighted by atomic mass is 9.94. The summed E-state index contributed by atoms with van der Waals surface area (Å²) in [7, 11) is 0. The molecule has 0 aromatic carbocycles. The van der Waals surface area contributed by atoms with Gasteiger partial charge in [0.05, 0.1) is 25.6 Å². The van der Waals surface area contributed by atoms with Gasteiger partial charge >= 0.3 is 0 Å². The smallest absolute Gasteiger partial charge is 0.168 e. The molecule has 2 saturated carbocycles. The van der Waals surface area contributed by atoms with E-state index in [0.29, 0.717) is 17.9 Å². The normalized spacial score (nSPS) is 40.7. The van der Waals surface area contributed by atoms with Gasteiger partial charge in [0, 0.05) is 18.3 Å². The number of hydrogen-bond donors (Lipinski definition) is 0. The Balaban J connectivity index is 1.60. The summed E-state index contributed by atoms with van der Waals surface area (Å²) in [6, 6.07) is 0. The van der Waals surface area contributed by atoms with Crippen molar-refractivity contribution >= 4 is 0 Å². The zero-order valence-electron chi connectivity index (χ0n) is 11.5. The zero-order chi connectivity index (χ0) is 12.8. The molecular weight excluding hydrogens is 228 g/mol. The molecule has 3 fully saturated rings. The molecule has 3 atom stereocenters. The van der Waals surface area contributed by atoms with Gasteiger partial charge in [-0.25, -0.2) is 0 Å². The summed E-state index contributed by atoms with van der Waals surface area (Å²) in [4.78, 5) is 0. The van der Waals surface area contributed by atoms with E-state index in [1.165, 1.54) is 0 Å². The van der Waals surface area contributed by atoms with E-state index in [0.717, 1.165) is 38.9 Å². The summed E-state index contributed by atoms with van der Waals surface area (Å²) >= 11 is 0. The summed E-state index contributed by atoms with van der Waals surface area (Å²) in [6.45, 7) is 9.68. The first kappa shape index (κ1) is 12.5. The molecule has 3 nitrogen and oxygen atoms in total. The minimum atomic E-state index is -0.274. The van der Waals surface area contributed by atoms with Gasteiger partial charge in [-0.05, 0) is 24.7 Å². The molecule has 1 heterocycles. The van der Waals surface area contributed by atoms with Crippen molar-refractivity contribution in [2.75, 3.05) is 13.2 Å². The Morgan fingerprint density at radius 1 is 1.11 bits per heavy atom. The maximum absolute atomic E-state index is 6.09. The molecule has 0 bridgehead atoms. The molecule has 3 heteroatoms. The highest BCUT2D eigenvalue weighted by Crippen LogP contribution is 2.53. The molecule has 0 amide bonds. The van der Waals surface area contributed by atoms with Crippen LogP contribution in [0.5, 0.6) is 0 Å². The van der Waals surface area contributed by atoms with E-state index >= 15 is 0 Å². The third kappa shape index (κ3) is 2.19. The average Bonchev–Trinajstić information content (AvgIpc) is 2.79. The first-order valence-corrected chi connectivity index (χ1v) is 7.06. The Morgan fingerprint density at radius 2 is 1.67 bits per heavy atom. The molecule has 0 N–H and O–H groups in total. The Hall–Kier alpha value is -0.540. The van der Waals surface area contributed by atoms with Gasteiger partial charge in [-0.3, -0.25) is 0 Å². The van der Waals surface area contributed by atoms with E-state index in [1.807, 2.05) is 0 Å². The van der Waals surface area contributed by atoms with Crippen molar-refractivity contribution in [3.63, 3.8) is 0 Å². The van der Waals surface area contributed by atoms with Gasteiger partial charge in [0.25, 0.3) is 0 Å².